The van der Waals surface area contributed by atoms with E-state index in [0.717, 1.165) is 25.6 Å². The summed E-state index contributed by atoms with van der Waals surface area (Å²) in [5.74, 6) is 0.365. The quantitative estimate of drug-likeness (QED) is 0.816. The predicted molar refractivity (Wildman–Crippen MR) is 79.5 cm³/mol. The zero-order valence-electron chi connectivity index (χ0n) is 11.8. The first-order valence-corrected chi connectivity index (χ1v) is 8.02. The maximum atomic E-state index is 13.2. The van der Waals surface area contributed by atoms with Crippen molar-refractivity contribution in [2.24, 2.45) is 11.8 Å². The molecule has 2 unspecified atom stereocenters. The van der Waals surface area contributed by atoms with Crippen molar-refractivity contribution in [3.63, 3.8) is 0 Å². The molecule has 22 heavy (non-hydrogen) atoms. The number of halogens is 4. The summed E-state index contributed by atoms with van der Waals surface area (Å²) in [6.45, 7) is 2.83. The van der Waals surface area contributed by atoms with Crippen molar-refractivity contribution in [2.45, 2.75) is 12.6 Å². The number of benzene rings is 1. The van der Waals surface area contributed by atoms with Gasteiger partial charge in [-0.2, -0.15) is 13.2 Å². The zero-order chi connectivity index (χ0) is 15.9. The molecule has 2 saturated heterocycles. The maximum absolute atomic E-state index is 13.2. The molecule has 0 radical (unpaired) electrons. The molecule has 1 aromatic carbocycles. The van der Waals surface area contributed by atoms with Crippen LogP contribution in [0.5, 0.6) is 0 Å². The Labute approximate surface area is 135 Å². The van der Waals surface area contributed by atoms with Crippen LogP contribution >= 0.6 is 15.9 Å². The standard InChI is InChI=1S/C15H16BrF3N2O/c16-11-1-2-12(13(5-11)15(17,18)19)14(22)21-4-3-9-6-20-7-10(9)8-21/h1-2,5,9-10,20H,3-4,6-8H2. The van der Waals surface area contributed by atoms with Gasteiger partial charge in [-0.1, -0.05) is 15.9 Å². The van der Waals surface area contributed by atoms with Crippen molar-refractivity contribution < 1.29 is 18.0 Å². The molecule has 2 atom stereocenters. The highest BCUT2D eigenvalue weighted by Gasteiger charge is 2.39. The second-order valence-electron chi connectivity index (χ2n) is 5.91. The Kier molecular flexibility index (Phi) is 4.20. The van der Waals surface area contributed by atoms with Gasteiger partial charge in [0.25, 0.3) is 5.91 Å². The lowest BCUT2D eigenvalue weighted by atomic mass is 9.88. The van der Waals surface area contributed by atoms with Crippen LogP contribution in [-0.4, -0.2) is 37.0 Å². The number of likely N-dealkylation sites (tertiary alicyclic amines) is 1. The molecule has 1 aromatic rings. The fraction of sp³-hybridized carbons (Fsp3) is 0.533. The van der Waals surface area contributed by atoms with Gasteiger partial charge in [-0.05, 0) is 49.5 Å². The molecule has 0 aromatic heterocycles. The third-order valence-electron chi connectivity index (χ3n) is 4.51. The zero-order valence-corrected chi connectivity index (χ0v) is 13.4. The second kappa shape index (κ2) is 5.85. The number of carbonyl (C=O) groups is 1. The van der Waals surface area contributed by atoms with Gasteiger partial charge in [0.05, 0.1) is 11.1 Å². The number of carbonyl (C=O) groups excluding carboxylic acids is 1. The van der Waals surface area contributed by atoms with Gasteiger partial charge in [-0.25, -0.2) is 0 Å². The molecule has 2 aliphatic heterocycles. The highest BCUT2D eigenvalue weighted by atomic mass is 79.9. The lowest BCUT2D eigenvalue weighted by Gasteiger charge is -2.35. The van der Waals surface area contributed by atoms with Crippen molar-refractivity contribution in [2.75, 3.05) is 26.2 Å². The Morgan fingerprint density at radius 2 is 2.00 bits per heavy atom. The number of hydrogen-bond donors (Lipinski definition) is 1. The number of piperidine rings is 1. The highest BCUT2D eigenvalue weighted by molar-refractivity contribution is 9.10. The third kappa shape index (κ3) is 3.01. The molecule has 3 nitrogen and oxygen atoms in total. The maximum Gasteiger partial charge on any atom is 0.417 e. The minimum absolute atomic E-state index is 0.264. The lowest BCUT2D eigenvalue weighted by molar-refractivity contribution is -0.138. The van der Waals surface area contributed by atoms with E-state index in [-0.39, 0.29) is 5.56 Å². The van der Waals surface area contributed by atoms with Crippen molar-refractivity contribution in [1.29, 1.82) is 0 Å². The van der Waals surface area contributed by atoms with E-state index in [1.165, 1.54) is 12.1 Å². The number of fused-ring (bicyclic) bond motifs is 1. The van der Waals surface area contributed by atoms with Crippen molar-refractivity contribution in [3.05, 3.63) is 33.8 Å². The molecular formula is C15H16BrF3N2O. The lowest BCUT2D eigenvalue weighted by Crippen LogP contribution is -2.43. The van der Waals surface area contributed by atoms with Crippen LogP contribution in [-0.2, 0) is 6.18 Å². The number of nitrogens with one attached hydrogen (secondary N) is 1. The molecule has 3 rings (SSSR count). The second-order valence-corrected chi connectivity index (χ2v) is 6.82. The van der Waals surface area contributed by atoms with E-state index >= 15 is 0 Å². The molecule has 2 heterocycles. The number of alkyl halides is 3. The van der Waals surface area contributed by atoms with Gasteiger partial charge in [0.1, 0.15) is 0 Å². The van der Waals surface area contributed by atoms with Gasteiger partial charge in [0.2, 0.25) is 0 Å². The summed E-state index contributed by atoms with van der Waals surface area (Å²) in [5, 5.41) is 3.28. The molecule has 1 amide bonds. The van der Waals surface area contributed by atoms with Gasteiger partial charge in [0, 0.05) is 17.6 Å². The fourth-order valence-electron chi connectivity index (χ4n) is 3.33. The summed E-state index contributed by atoms with van der Waals surface area (Å²) < 4.78 is 39.8. The third-order valence-corrected chi connectivity index (χ3v) is 5.00. The highest BCUT2D eigenvalue weighted by Crippen LogP contribution is 2.35. The molecular weight excluding hydrogens is 361 g/mol. The molecule has 7 heteroatoms. The van der Waals surface area contributed by atoms with Gasteiger partial charge in [-0.15, -0.1) is 0 Å². The minimum atomic E-state index is -4.54. The normalized spacial score (nSPS) is 25.2. The summed E-state index contributed by atoms with van der Waals surface area (Å²) in [6.07, 6.45) is -3.69. The van der Waals surface area contributed by atoms with Gasteiger partial charge >= 0.3 is 6.18 Å². The van der Waals surface area contributed by atoms with Crippen LogP contribution in [0.2, 0.25) is 0 Å². The van der Waals surface area contributed by atoms with Crippen LogP contribution in [0.4, 0.5) is 13.2 Å². The smallest absolute Gasteiger partial charge is 0.338 e. The van der Waals surface area contributed by atoms with E-state index in [4.69, 9.17) is 0 Å². The molecule has 2 fully saturated rings. The van der Waals surface area contributed by atoms with E-state index in [1.54, 1.807) is 4.90 Å². The SMILES string of the molecule is O=C(c1ccc(Br)cc1C(F)(F)F)N1CCC2CNCC2C1. The van der Waals surface area contributed by atoms with Gasteiger partial charge in [0.15, 0.2) is 0 Å². The summed E-state index contributed by atoms with van der Waals surface area (Å²) >= 11 is 3.04. The molecule has 0 spiro atoms. The summed E-state index contributed by atoms with van der Waals surface area (Å²) in [5.41, 5.74) is -1.14. The Morgan fingerprint density at radius 1 is 1.27 bits per heavy atom. The number of amides is 1. The van der Waals surface area contributed by atoms with E-state index in [1.807, 2.05) is 0 Å². The molecule has 120 valence electrons. The van der Waals surface area contributed by atoms with Crippen LogP contribution < -0.4 is 5.32 Å². The topological polar surface area (TPSA) is 32.3 Å². The summed E-state index contributed by atoms with van der Waals surface area (Å²) in [4.78, 5) is 14.1. The number of nitrogens with zero attached hydrogens (tertiary/aromatic N) is 1. The average Bonchev–Trinajstić information content (AvgIpc) is 2.93. The van der Waals surface area contributed by atoms with Crippen LogP contribution in [0.3, 0.4) is 0 Å². The fourth-order valence-corrected chi connectivity index (χ4v) is 3.69. The van der Waals surface area contributed by atoms with Gasteiger partial charge in [-0.3, -0.25) is 4.79 Å². The Morgan fingerprint density at radius 3 is 2.73 bits per heavy atom. The molecule has 2 aliphatic rings. The van der Waals surface area contributed by atoms with E-state index in [0.29, 0.717) is 29.4 Å². The average molecular weight is 377 g/mol. The van der Waals surface area contributed by atoms with E-state index < -0.39 is 17.6 Å². The van der Waals surface area contributed by atoms with Crippen LogP contribution in [0, 0.1) is 11.8 Å². The minimum Gasteiger partial charge on any atom is -0.338 e. The first kappa shape index (κ1) is 15.8. The van der Waals surface area contributed by atoms with Crippen molar-refractivity contribution in [3.8, 4) is 0 Å². The summed E-state index contributed by atoms with van der Waals surface area (Å²) in [6, 6.07) is 3.71. The van der Waals surface area contributed by atoms with Crippen LogP contribution in [0.25, 0.3) is 0 Å². The molecule has 0 bridgehead atoms. The predicted octanol–water partition coefficient (Wildman–Crippen LogP) is 3.15. The molecule has 0 saturated carbocycles. The number of rotatable bonds is 1. The largest absolute Gasteiger partial charge is 0.417 e. The van der Waals surface area contributed by atoms with Gasteiger partial charge < -0.3 is 10.2 Å². The van der Waals surface area contributed by atoms with E-state index in [9.17, 15) is 18.0 Å². The van der Waals surface area contributed by atoms with Crippen molar-refractivity contribution in [1.82, 2.24) is 10.2 Å². The Balaban J connectivity index is 1.86. The first-order valence-electron chi connectivity index (χ1n) is 7.23. The van der Waals surface area contributed by atoms with Crippen LogP contribution in [0.15, 0.2) is 22.7 Å². The van der Waals surface area contributed by atoms with Crippen LogP contribution in [0.1, 0.15) is 22.3 Å². The molecule has 0 aliphatic carbocycles. The monoisotopic (exact) mass is 376 g/mol. The molecule has 1 N–H and O–H groups in total. The van der Waals surface area contributed by atoms with E-state index in [2.05, 4.69) is 21.2 Å². The van der Waals surface area contributed by atoms with Crippen molar-refractivity contribution >= 4 is 21.8 Å². The Hall–Kier alpha value is -1.08. The summed E-state index contributed by atoms with van der Waals surface area (Å²) in [7, 11) is 0. The number of hydrogen-bond acceptors (Lipinski definition) is 2. The first-order chi connectivity index (χ1) is 10.4. The Bertz CT molecular complexity index is 591.